The monoisotopic (exact) mass is 222 g/mol. The highest BCUT2D eigenvalue weighted by atomic mass is 16.3. The van der Waals surface area contributed by atoms with Gasteiger partial charge in [-0.25, -0.2) is 4.98 Å². The van der Waals surface area contributed by atoms with Gasteiger partial charge in [-0.1, -0.05) is 6.92 Å². The Kier molecular flexibility index (Phi) is 4.72. The van der Waals surface area contributed by atoms with Crippen LogP contribution >= 0.6 is 0 Å². The molecule has 1 aromatic rings. The Bertz CT molecular complexity index is 348. The molecule has 0 spiro atoms. The fourth-order valence-corrected chi connectivity index (χ4v) is 1.49. The summed E-state index contributed by atoms with van der Waals surface area (Å²) in [6, 6.07) is 3.47. The van der Waals surface area contributed by atoms with E-state index in [0.29, 0.717) is 12.1 Å². The van der Waals surface area contributed by atoms with Gasteiger partial charge in [0.15, 0.2) is 0 Å². The molecule has 0 aliphatic rings. The number of pyridine rings is 1. The van der Waals surface area contributed by atoms with E-state index in [2.05, 4.69) is 11.9 Å². The van der Waals surface area contributed by atoms with E-state index in [1.165, 1.54) is 0 Å². The van der Waals surface area contributed by atoms with Crippen LogP contribution in [0.4, 0.5) is 5.82 Å². The molecular weight excluding hydrogens is 204 g/mol. The Morgan fingerprint density at radius 2 is 2.31 bits per heavy atom. The molecule has 1 rings (SSSR count). The van der Waals surface area contributed by atoms with Crippen molar-refractivity contribution >= 4 is 11.7 Å². The van der Waals surface area contributed by atoms with Gasteiger partial charge < -0.3 is 15.7 Å². The highest BCUT2D eigenvalue weighted by Crippen LogP contribution is 2.12. The van der Waals surface area contributed by atoms with Gasteiger partial charge in [0, 0.05) is 24.8 Å². The smallest absolute Gasteiger partial charge is 0.129 e. The number of nitrogens with two attached hydrogens (primary N) is 1. The molecule has 16 heavy (non-hydrogen) atoms. The molecule has 0 aliphatic carbocycles. The van der Waals surface area contributed by atoms with Crippen molar-refractivity contribution in [2.75, 3.05) is 24.6 Å². The van der Waals surface area contributed by atoms with Gasteiger partial charge >= 0.3 is 0 Å². The van der Waals surface area contributed by atoms with Gasteiger partial charge in [0.2, 0.25) is 0 Å². The zero-order valence-corrected chi connectivity index (χ0v) is 9.48. The van der Waals surface area contributed by atoms with E-state index in [4.69, 9.17) is 16.2 Å². The summed E-state index contributed by atoms with van der Waals surface area (Å²) in [7, 11) is 0. The lowest BCUT2D eigenvalue weighted by molar-refractivity contribution is 0.301. The molecule has 0 fully saturated rings. The minimum atomic E-state index is 0.0316. The lowest BCUT2D eigenvalue weighted by Gasteiger charge is -2.22. The molecule has 5 nitrogen and oxygen atoms in total. The molecule has 1 aromatic heterocycles. The average Bonchev–Trinajstić information content (AvgIpc) is 2.29. The third-order valence-electron chi connectivity index (χ3n) is 2.24. The number of aromatic nitrogens is 1. The van der Waals surface area contributed by atoms with E-state index >= 15 is 0 Å². The van der Waals surface area contributed by atoms with E-state index in [0.717, 1.165) is 18.8 Å². The molecule has 0 saturated heterocycles. The maximum Gasteiger partial charge on any atom is 0.129 e. The van der Waals surface area contributed by atoms with Crippen LogP contribution in [0.5, 0.6) is 0 Å². The van der Waals surface area contributed by atoms with E-state index in [9.17, 15) is 0 Å². The summed E-state index contributed by atoms with van der Waals surface area (Å²) in [5.41, 5.74) is 6.07. The summed E-state index contributed by atoms with van der Waals surface area (Å²) in [5, 5.41) is 16.3. The van der Waals surface area contributed by atoms with Crippen LogP contribution in [0.2, 0.25) is 0 Å². The Balaban J connectivity index is 2.90. The normalized spacial score (nSPS) is 10.1. The summed E-state index contributed by atoms with van der Waals surface area (Å²) in [5.74, 6) is 0.785. The molecule has 0 bridgehead atoms. The maximum atomic E-state index is 8.97. The van der Waals surface area contributed by atoms with E-state index in [-0.39, 0.29) is 12.4 Å². The maximum absolute atomic E-state index is 8.97. The summed E-state index contributed by atoms with van der Waals surface area (Å²) in [6.07, 6.45) is 2.61. The molecule has 0 unspecified atom stereocenters. The van der Waals surface area contributed by atoms with Crippen molar-refractivity contribution in [2.24, 2.45) is 5.73 Å². The Morgan fingerprint density at radius 1 is 1.56 bits per heavy atom. The molecule has 1 heterocycles. The van der Waals surface area contributed by atoms with Crippen LogP contribution in [0.3, 0.4) is 0 Å². The van der Waals surface area contributed by atoms with Gasteiger partial charge in [0.05, 0.1) is 6.61 Å². The minimum Gasteiger partial charge on any atom is -0.395 e. The first-order valence-corrected chi connectivity index (χ1v) is 5.35. The standard InChI is InChI=1S/C11H18N4O/c1-2-5-15(6-7-16)10-8-9(11(12)13)3-4-14-10/h3-4,8,16H,2,5-7H2,1H3,(H3,12,13). The molecule has 88 valence electrons. The predicted octanol–water partition coefficient (Wildman–Crippen LogP) is 0.574. The molecule has 0 radical (unpaired) electrons. The Labute approximate surface area is 95.4 Å². The number of nitrogen functional groups attached to an aromatic ring is 1. The number of nitrogens with zero attached hydrogens (tertiary/aromatic N) is 2. The van der Waals surface area contributed by atoms with Crippen molar-refractivity contribution < 1.29 is 5.11 Å². The topological polar surface area (TPSA) is 86.2 Å². The zero-order chi connectivity index (χ0) is 12.0. The van der Waals surface area contributed by atoms with Crippen molar-refractivity contribution in [1.29, 1.82) is 5.41 Å². The van der Waals surface area contributed by atoms with Crippen molar-refractivity contribution in [3.8, 4) is 0 Å². The van der Waals surface area contributed by atoms with Gasteiger partial charge in [0.25, 0.3) is 0 Å². The number of aliphatic hydroxyl groups is 1. The van der Waals surface area contributed by atoms with Crippen molar-refractivity contribution in [3.05, 3.63) is 23.9 Å². The second-order valence-corrected chi connectivity index (χ2v) is 3.53. The van der Waals surface area contributed by atoms with Crippen LogP contribution in [0, 0.1) is 5.41 Å². The number of anilines is 1. The average molecular weight is 222 g/mol. The van der Waals surface area contributed by atoms with Crippen LogP contribution in [0.25, 0.3) is 0 Å². The number of nitrogens with one attached hydrogen (secondary N) is 1. The fraction of sp³-hybridized carbons (Fsp3) is 0.455. The van der Waals surface area contributed by atoms with Crippen LogP contribution in [0.15, 0.2) is 18.3 Å². The van der Waals surface area contributed by atoms with Gasteiger partial charge in [-0.2, -0.15) is 0 Å². The number of hydrogen-bond acceptors (Lipinski definition) is 4. The number of rotatable bonds is 6. The first-order valence-electron chi connectivity index (χ1n) is 5.35. The molecular formula is C11H18N4O. The molecule has 0 atom stereocenters. The van der Waals surface area contributed by atoms with Crippen molar-refractivity contribution in [2.45, 2.75) is 13.3 Å². The SMILES string of the molecule is CCCN(CCO)c1cc(C(=N)N)ccn1. The first kappa shape index (κ1) is 12.4. The molecule has 0 amide bonds. The fourth-order valence-electron chi connectivity index (χ4n) is 1.49. The third kappa shape index (κ3) is 3.20. The zero-order valence-electron chi connectivity index (χ0n) is 9.48. The van der Waals surface area contributed by atoms with Crippen LogP contribution in [-0.2, 0) is 0 Å². The van der Waals surface area contributed by atoms with Crippen molar-refractivity contribution in [1.82, 2.24) is 4.98 Å². The lowest BCUT2D eigenvalue weighted by Crippen LogP contribution is -2.28. The van der Waals surface area contributed by atoms with Crippen LogP contribution in [-0.4, -0.2) is 35.6 Å². The minimum absolute atomic E-state index is 0.0316. The van der Waals surface area contributed by atoms with Crippen molar-refractivity contribution in [3.63, 3.8) is 0 Å². The molecule has 4 N–H and O–H groups in total. The summed E-state index contributed by atoms with van der Waals surface area (Å²) in [4.78, 5) is 6.20. The molecule has 0 aliphatic heterocycles. The molecule has 0 aromatic carbocycles. The summed E-state index contributed by atoms with van der Waals surface area (Å²) in [6.45, 7) is 3.53. The Hall–Kier alpha value is -1.62. The predicted molar refractivity (Wildman–Crippen MR) is 64.8 cm³/mol. The van der Waals surface area contributed by atoms with E-state index < -0.39 is 0 Å². The quantitative estimate of drug-likeness (QED) is 0.485. The van der Waals surface area contributed by atoms with Gasteiger partial charge in [-0.15, -0.1) is 0 Å². The number of hydrogen-bond donors (Lipinski definition) is 3. The second-order valence-electron chi connectivity index (χ2n) is 3.53. The first-order chi connectivity index (χ1) is 7.69. The second kappa shape index (κ2) is 6.07. The number of aliphatic hydroxyl groups excluding tert-OH is 1. The largest absolute Gasteiger partial charge is 0.395 e. The molecule has 5 heteroatoms. The summed E-state index contributed by atoms with van der Waals surface area (Å²) < 4.78 is 0. The highest BCUT2D eigenvalue weighted by molar-refractivity contribution is 5.95. The van der Waals surface area contributed by atoms with E-state index in [1.807, 2.05) is 4.90 Å². The molecule has 0 saturated carbocycles. The van der Waals surface area contributed by atoms with Crippen LogP contribution < -0.4 is 10.6 Å². The van der Waals surface area contributed by atoms with Gasteiger partial charge in [0.1, 0.15) is 11.7 Å². The van der Waals surface area contributed by atoms with Crippen LogP contribution in [0.1, 0.15) is 18.9 Å². The summed E-state index contributed by atoms with van der Waals surface area (Å²) >= 11 is 0. The third-order valence-corrected chi connectivity index (χ3v) is 2.24. The van der Waals surface area contributed by atoms with Gasteiger partial charge in [-0.05, 0) is 18.6 Å². The number of amidine groups is 1. The highest BCUT2D eigenvalue weighted by Gasteiger charge is 2.07. The lowest BCUT2D eigenvalue weighted by atomic mass is 10.2. The Morgan fingerprint density at radius 3 is 2.88 bits per heavy atom. The van der Waals surface area contributed by atoms with Gasteiger partial charge in [-0.3, -0.25) is 5.41 Å². The van der Waals surface area contributed by atoms with E-state index in [1.54, 1.807) is 18.3 Å².